The number of nitrogens with zero attached hydrogens (tertiary/aromatic N) is 1. The zero-order chi connectivity index (χ0) is 12.6. The van der Waals surface area contributed by atoms with Crippen LogP contribution in [0.1, 0.15) is 0 Å². The van der Waals surface area contributed by atoms with Gasteiger partial charge in [-0.1, -0.05) is 11.3 Å². The zero-order valence-electron chi connectivity index (χ0n) is 8.69. The summed E-state index contributed by atoms with van der Waals surface area (Å²) >= 11 is 4.68. The number of sulfonamides is 1. The molecule has 0 spiro atoms. The van der Waals surface area contributed by atoms with Crippen molar-refractivity contribution in [2.45, 2.75) is 0 Å². The predicted octanol–water partition coefficient (Wildman–Crippen LogP) is 1.72. The molecule has 1 heterocycles. The van der Waals surface area contributed by atoms with Gasteiger partial charge >= 0.3 is 0 Å². The molecular formula is C8H9BrN4O2S2. The van der Waals surface area contributed by atoms with E-state index in [-0.39, 0.29) is 0 Å². The molecule has 4 N–H and O–H groups in total. The van der Waals surface area contributed by atoms with Crippen molar-refractivity contribution >= 4 is 58.3 Å². The molecule has 0 amide bonds. The summed E-state index contributed by atoms with van der Waals surface area (Å²) in [6.07, 6.45) is 1.10. The van der Waals surface area contributed by atoms with Crippen molar-refractivity contribution in [3.63, 3.8) is 0 Å². The predicted molar refractivity (Wildman–Crippen MR) is 73.6 cm³/mol. The SMILES string of the molecule is CS(=O)(=O)Nc1cc(Br)c2nc(NN)sc2c1. The van der Waals surface area contributed by atoms with Crippen molar-refractivity contribution in [2.75, 3.05) is 16.4 Å². The van der Waals surface area contributed by atoms with Crippen LogP contribution >= 0.6 is 27.3 Å². The molecule has 1 aromatic carbocycles. The van der Waals surface area contributed by atoms with Crippen molar-refractivity contribution in [1.82, 2.24) is 4.98 Å². The highest BCUT2D eigenvalue weighted by Gasteiger charge is 2.10. The van der Waals surface area contributed by atoms with Crippen LogP contribution in [0.25, 0.3) is 10.2 Å². The Labute approximate surface area is 110 Å². The molecule has 0 atom stereocenters. The number of thiazole rings is 1. The van der Waals surface area contributed by atoms with Gasteiger partial charge in [0.05, 0.1) is 22.2 Å². The molecule has 6 nitrogen and oxygen atoms in total. The molecule has 0 radical (unpaired) electrons. The van der Waals surface area contributed by atoms with Crippen LogP contribution in [-0.4, -0.2) is 19.7 Å². The second-order valence-corrected chi connectivity index (χ2v) is 6.98. The Morgan fingerprint density at radius 1 is 1.47 bits per heavy atom. The number of nitrogens with one attached hydrogen (secondary N) is 2. The average molecular weight is 337 g/mol. The van der Waals surface area contributed by atoms with Crippen molar-refractivity contribution in [2.24, 2.45) is 5.84 Å². The normalized spacial score (nSPS) is 11.7. The number of hydrogen-bond acceptors (Lipinski definition) is 6. The molecule has 17 heavy (non-hydrogen) atoms. The van der Waals surface area contributed by atoms with Crippen LogP contribution in [0.2, 0.25) is 0 Å². The van der Waals surface area contributed by atoms with Crippen LogP contribution in [-0.2, 0) is 10.0 Å². The van der Waals surface area contributed by atoms with Gasteiger partial charge in [0, 0.05) is 4.47 Å². The highest BCUT2D eigenvalue weighted by molar-refractivity contribution is 9.10. The first-order valence-electron chi connectivity index (χ1n) is 4.43. The summed E-state index contributed by atoms with van der Waals surface area (Å²) in [5.74, 6) is 5.27. The lowest BCUT2D eigenvalue weighted by Crippen LogP contribution is -2.09. The minimum absolute atomic E-state index is 0.485. The molecule has 0 aliphatic carbocycles. The van der Waals surface area contributed by atoms with Gasteiger partial charge in [-0.05, 0) is 28.1 Å². The van der Waals surface area contributed by atoms with Gasteiger partial charge in [0.2, 0.25) is 10.0 Å². The number of fused-ring (bicyclic) bond motifs is 1. The molecule has 0 saturated heterocycles. The van der Waals surface area contributed by atoms with Crippen molar-refractivity contribution in [3.8, 4) is 0 Å². The summed E-state index contributed by atoms with van der Waals surface area (Å²) < 4.78 is 26.2. The number of hydrogen-bond donors (Lipinski definition) is 3. The third-order valence-electron chi connectivity index (χ3n) is 1.88. The lowest BCUT2D eigenvalue weighted by molar-refractivity contribution is 0.607. The topological polar surface area (TPSA) is 97.1 Å². The van der Waals surface area contributed by atoms with Crippen LogP contribution < -0.4 is 16.0 Å². The smallest absolute Gasteiger partial charge is 0.229 e. The highest BCUT2D eigenvalue weighted by Crippen LogP contribution is 2.33. The highest BCUT2D eigenvalue weighted by atomic mass is 79.9. The fourth-order valence-corrected chi connectivity index (χ4v) is 3.39. The van der Waals surface area contributed by atoms with Crippen LogP contribution in [0.15, 0.2) is 16.6 Å². The first-order valence-corrected chi connectivity index (χ1v) is 7.93. The first kappa shape index (κ1) is 12.6. The molecule has 9 heteroatoms. The second-order valence-electron chi connectivity index (χ2n) is 3.34. The Morgan fingerprint density at radius 2 is 2.18 bits per heavy atom. The maximum Gasteiger partial charge on any atom is 0.229 e. The molecule has 0 fully saturated rings. The zero-order valence-corrected chi connectivity index (χ0v) is 11.9. The summed E-state index contributed by atoms with van der Waals surface area (Å²) in [6, 6.07) is 3.36. The number of halogens is 1. The summed E-state index contributed by atoms with van der Waals surface area (Å²) in [6.45, 7) is 0. The molecule has 0 saturated carbocycles. The number of anilines is 2. The molecule has 0 aliphatic heterocycles. The van der Waals surface area contributed by atoms with Gasteiger partial charge in [-0.25, -0.2) is 19.2 Å². The van der Waals surface area contributed by atoms with E-state index in [0.29, 0.717) is 15.3 Å². The maximum absolute atomic E-state index is 11.1. The quantitative estimate of drug-likeness (QED) is 0.585. The summed E-state index contributed by atoms with van der Waals surface area (Å²) in [5, 5.41) is 0.567. The Morgan fingerprint density at radius 3 is 2.76 bits per heavy atom. The van der Waals surface area contributed by atoms with Crippen LogP contribution in [0, 0.1) is 0 Å². The summed E-state index contributed by atoms with van der Waals surface area (Å²) in [4.78, 5) is 4.23. The van der Waals surface area contributed by atoms with Gasteiger partial charge in [-0.3, -0.25) is 10.1 Å². The minimum Gasteiger partial charge on any atom is -0.300 e. The third kappa shape index (κ3) is 2.86. The van der Waals surface area contributed by atoms with E-state index >= 15 is 0 Å². The number of nitrogens with two attached hydrogens (primary N) is 1. The maximum atomic E-state index is 11.1. The second kappa shape index (κ2) is 4.41. The number of rotatable bonds is 3. The summed E-state index contributed by atoms with van der Waals surface area (Å²) in [7, 11) is -3.29. The Kier molecular flexibility index (Phi) is 3.25. The van der Waals surface area contributed by atoms with E-state index < -0.39 is 10.0 Å². The monoisotopic (exact) mass is 336 g/mol. The molecule has 2 rings (SSSR count). The van der Waals surface area contributed by atoms with E-state index in [1.807, 2.05) is 0 Å². The van der Waals surface area contributed by atoms with E-state index in [9.17, 15) is 8.42 Å². The van der Waals surface area contributed by atoms with Gasteiger partial charge in [-0.15, -0.1) is 0 Å². The molecule has 0 aliphatic rings. The minimum atomic E-state index is -3.29. The van der Waals surface area contributed by atoms with E-state index in [1.165, 1.54) is 11.3 Å². The Hall–Kier alpha value is -0.900. The van der Waals surface area contributed by atoms with Gasteiger partial charge in [0.1, 0.15) is 0 Å². The van der Waals surface area contributed by atoms with E-state index in [1.54, 1.807) is 12.1 Å². The molecule has 1 aromatic heterocycles. The lowest BCUT2D eigenvalue weighted by Gasteiger charge is -2.04. The molecule has 0 unspecified atom stereocenters. The number of nitrogen functional groups attached to an aromatic ring is 1. The van der Waals surface area contributed by atoms with Crippen molar-refractivity contribution in [3.05, 3.63) is 16.6 Å². The lowest BCUT2D eigenvalue weighted by atomic mass is 10.3. The standard InChI is InChI=1S/C8H9BrN4O2S2/c1-17(14,15)13-4-2-5(9)7-6(3-4)16-8(11-7)12-10/h2-3,13H,10H2,1H3,(H,11,12). The fraction of sp³-hybridized carbons (Fsp3) is 0.125. The molecular weight excluding hydrogens is 328 g/mol. The Bertz CT molecular complexity index is 667. The molecule has 92 valence electrons. The fourth-order valence-electron chi connectivity index (χ4n) is 1.32. The number of benzene rings is 1. The number of hydrazine groups is 1. The van der Waals surface area contributed by atoms with E-state index in [4.69, 9.17) is 5.84 Å². The van der Waals surface area contributed by atoms with Crippen molar-refractivity contribution < 1.29 is 8.42 Å². The van der Waals surface area contributed by atoms with Crippen molar-refractivity contribution in [1.29, 1.82) is 0 Å². The largest absolute Gasteiger partial charge is 0.300 e. The summed E-state index contributed by atoms with van der Waals surface area (Å²) in [5.41, 5.74) is 3.68. The van der Waals surface area contributed by atoms with Gasteiger partial charge in [0.25, 0.3) is 0 Å². The average Bonchev–Trinajstić information content (AvgIpc) is 2.58. The number of aromatic nitrogens is 1. The van der Waals surface area contributed by atoms with Crippen LogP contribution in [0.5, 0.6) is 0 Å². The third-order valence-corrected chi connectivity index (χ3v) is 4.02. The van der Waals surface area contributed by atoms with E-state index in [2.05, 4.69) is 31.1 Å². The Balaban J connectivity index is 2.54. The van der Waals surface area contributed by atoms with Crippen LogP contribution in [0.4, 0.5) is 10.8 Å². The first-order chi connectivity index (χ1) is 7.89. The van der Waals surface area contributed by atoms with Gasteiger partial charge in [-0.2, -0.15) is 0 Å². The van der Waals surface area contributed by atoms with E-state index in [0.717, 1.165) is 16.5 Å². The van der Waals surface area contributed by atoms with Crippen LogP contribution in [0.3, 0.4) is 0 Å². The van der Waals surface area contributed by atoms with Gasteiger partial charge < -0.3 is 0 Å². The molecule has 0 bridgehead atoms. The van der Waals surface area contributed by atoms with Gasteiger partial charge in [0.15, 0.2) is 5.13 Å². The molecule has 2 aromatic rings.